The van der Waals surface area contributed by atoms with E-state index < -0.39 is 0 Å². The van der Waals surface area contributed by atoms with Gasteiger partial charge in [0.2, 0.25) is 5.84 Å². The van der Waals surface area contributed by atoms with Crippen molar-refractivity contribution < 1.29 is 17.0 Å². The highest BCUT2D eigenvalue weighted by Gasteiger charge is 2.15. The van der Waals surface area contributed by atoms with Crippen LogP contribution >= 0.6 is 0 Å². The first-order valence-electron chi connectivity index (χ1n) is 10.8. The lowest BCUT2D eigenvalue weighted by molar-refractivity contribution is -0.487. The van der Waals surface area contributed by atoms with Crippen LogP contribution in [0.3, 0.4) is 0 Å². The highest BCUT2D eigenvalue weighted by molar-refractivity contribution is 5.78. The van der Waals surface area contributed by atoms with Gasteiger partial charge in [-0.3, -0.25) is 9.89 Å². The summed E-state index contributed by atoms with van der Waals surface area (Å²) in [6.07, 6.45) is 25.5. The molecule has 0 atom stereocenters. The second-order valence-corrected chi connectivity index (χ2v) is 7.48. The fraction of sp³-hybridized carbons (Fsp3) is 0.864. The number of rotatable bonds is 16. The number of halogens is 1. The molecule has 148 valence electrons. The van der Waals surface area contributed by atoms with Crippen molar-refractivity contribution in [1.82, 2.24) is 5.32 Å². The van der Waals surface area contributed by atoms with Crippen LogP contribution < -0.4 is 17.7 Å². The maximum absolute atomic E-state index is 3.49. The third-order valence-electron chi connectivity index (χ3n) is 5.16. The summed E-state index contributed by atoms with van der Waals surface area (Å²) in [7, 11) is 2.20. The Morgan fingerprint density at radius 2 is 1.32 bits per heavy atom. The van der Waals surface area contributed by atoms with E-state index in [-0.39, 0.29) is 12.4 Å². The highest BCUT2D eigenvalue weighted by Crippen LogP contribution is 2.11. The van der Waals surface area contributed by atoms with Gasteiger partial charge in [0.1, 0.15) is 13.1 Å². The van der Waals surface area contributed by atoms with Crippen molar-refractivity contribution in [3.8, 4) is 0 Å². The van der Waals surface area contributed by atoms with Gasteiger partial charge in [0.25, 0.3) is 0 Å². The Labute approximate surface area is 164 Å². The minimum absolute atomic E-state index is 0. The number of likely N-dealkylation sites (N-methyl/N-ethyl adjacent to an activating group) is 1. The van der Waals surface area contributed by atoms with Crippen LogP contribution in [0.25, 0.3) is 0 Å². The first-order chi connectivity index (χ1) is 11.8. The molecule has 1 aliphatic rings. The van der Waals surface area contributed by atoms with Gasteiger partial charge in [-0.15, -0.1) is 0 Å². The Hall–Kier alpha value is -0.500. The van der Waals surface area contributed by atoms with Crippen molar-refractivity contribution in [3.63, 3.8) is 0 Å². The molecular weight excluding hydrogens is 328 g/mol. The average Bonchev–Trinajstić information content (AvgIpc) is 2.99. The zero-order chi connectivity index (χ0) is 17.3. The highest BCUT2D eigenvalue weighted by atomic mass is 35.5. The zero-order valence-electron chi connectivity index (χ0n) is 17.0. The lowest BCUT2D eigenvalue weighted by atomic mass is 10.1. The van der Waals surface area contributed by atoms with Gasteiger partial charge >= 0.3 is 0 Å². The van der Waals surface area contributed by atoms with Gasteiger partial charge in [-0.1, -0.05) is 76.9 Å². The van der Waals surface area contributed by atoms with E-state index in [2.05, 4.69) is 36.0 Å². The number of unbranched alkanes of at least 4 members (excludes halogenated alkanes) is 12. The second-order valence-electron chi connectivity index (χ2n) is 7.48. The number of allylic oxidation sites excluding steroid dienone is 2. The molecule has 0 aliphatic carbocycles. The smallest absolute Gasteiger partial charge is 0.244 e. The molecule has 0 amide bonds. The molecule has 0 aromatic rings. The van der Waals surface area contributed by atoms with E-state index in [0.717, 1.165) is 6.54 Å². The van der Waals surface area contributed by atoms with E-state index in [4.69, 9.17) is 0 Å². The van der Waals surface area contributed by atoms with Crippen LogP contribution in [0.1, 0.15) is 103 Å². The fourth-order valence-electron chi connectivity index (χ4n) is 3.46. The third kappa shape index (κ3) is 14.4. The maximum Gasteiger partial charge on any atom is 0.244 e. The van der Waals surface area contributed by atoms with E-state index in [1.165, 1.54) is 109 Å². The average molecular weight is 371 g/mol. The molecule has 0 aromatic heterocycles. The van der Waals surface area contributed by atoms with Crippen LogP contribution in [0.4, 0.5) is 0 Å². The summed E-state index contributed by atoms with van der Waals surface area (Å²) in [5.41, 5.74) is 0. The molecule has 1 rings (SSSR count). The van der Waals surface area contributed by atoms with E-state index in [9.17, 15) is 0 Å². The van der Waals surface area contributed by atoms with Crippen LogP contribution in [0.15, 0.2) is 12.2 Å². The SMILES string of the molecule is CCCCCCCC/C=C\CCCCCCCCC1=[N+](C)CCN1.[Cl-]. The minimum Gasteiger partial charge on any atom is -1.00 e. The molecule has 0 fully saturated rings. The largest absolute Gasteiger partial charge is 1.00 e. The molecule has 3 heteroatoms. The van der Waals surface area contributed by atoms with Crippen molar-refractivity contribution in [2.75, 3.05) is 20.1 Å². The molecule has 1 N–H and O–H groups in total. The van der Waals surface area contributed by atoms with Gasteiger partial charge < -0.3 is 12.4 Å². The molecule has 25 heavy (non-hydrogen) atoms. The minimum atomic E-state index is 0. The molecule has 0 bridgehead atoms. The standard InChI is InChI=1S/C22H42N2.ClH/c1-3-4-5-6-7-8-9-10-11-12-13-14-15-16-17-18-19-22-23-20-21-24(22)2;/h10-11H,3-9,12-21H2,1-2H3;1H/b11-10-;. The molecule has 0 spiro atoms. The number of amidine groups is 1. The Bertz CT molecular complexity index is 350. The van der Waals surface area contributed by atoms with Crippen LogP contribution in [-0.4, -0.2) is 30.5 Å². The predicted octanol–water partition coefficient (Wildman–Crippen LogP) is 3.06. The van der Waals surface area contributed by atoms with Crippen LogP contribution in [-0.2, 0) is 0 Å². The predicted molar refractivity (Wildman–Crippen MR) is 108 cm³/mol. The first-order valence-corrected chi connectivity index (χ1v) is 10.8. The summed E-state index contributed by atoms with van der Waals surface area (Å²) >= 11 is 0. The molecule has 0 saturated carbocycles. The summed E-state index contributed by atoms with van der Waals surface area (Å²) in [5, 5.41) is 3.49. The van der Waals surface area contributed by atoms with Crippen molar-refractivity contribution in [3.05, 3.63) is 12.2 Å². The van der Waals surface area contributed by atoms with Gasteiger partial charge in [-0.2, -0.15) is 0 Å². The number of nitrogens with one attached hydrogen (secondary N) is 1. The molecule has 0 saturated heterocycles. The summed E-state index contributed by atoms with van der Waals surface area (Å²) in [5.74, 6) is 1.46. The Balaban J connectivity index is 0.00000576. The molecule has 0 radical (unpaired) electrons. The normalized spacial score (nSPS) is 14.2. The Morgan fingerprint density at radius 3 is 1.84 bits per heavy atom. The molecule has 1 heterocycles. The molecular formula is C22H43ClN2. The fourth-order valence-corrected chi connectivity index (χ4v) is 3.46. The maximum atomic E-state index is 3.49. The number of hydrogen-bond donors (Lipinski definition) is 1. The van der Waals surface area contributed by atoms with E-state index in [1.54, 1.807) is 0 Å². The molecule has 1 aliphatic heterocycles. The van der Waals surface area contributed by atoms with Crippen LogP contribution in [0.5, 0.6) is 0 Å². The lowest BCUT2D eigenvalue weighted by Gasteiger charge is -2.01. The number of nitrogens with zero attached hydrogens (tertiary/aromatic N) is 1. The van der Waals surface area contributed by atoms with E-state index in [1.807, 2.05) is 0 Å². The van der Waals surface area contributed by atoms with Crippen LogP contribution in [0, 0.1) is 0 Å². The van der Waals surface area contributed by atoms with Crippen molar-refractivity contribution in [2.24, 2.45) is 0 Å². The summed E-state index contributed by atoms with van der Waals surface area (Å²) in [4.78, 5) is 0. The Kier molecular flexibility index (Phi) is 17.9. The number of hydrogen-bond acceptors (Lipinski definition) is 1. The van der Waals surface area contributed by atoms with E-state index >= 15 is 0 Å². The van der Waals surface area contributed by atoms with Gasteiger partial charge in [0.15, 0.2) is 0 Å². The molecule has 0 aromatic carbocycles. The topological polar surface area (TPSA) is 15.0 Å². The van der Waals surface area contributed by atoms with Gasteiger partial charge in [0.05, 0.1) is 7.05 Å². The van der Waals surface area contributed by atoms with E-state index in [0.29, 0.717) is 0 Å². The Morgan fingerprint density at radius 1 is 0.800 bits per heavy atom. The zero-order valence-corrected chi connectivity index (χ0v) is 17.8. The summed E-state index contributed by atoms with van der Waals surface area (Å²) in [6, 6.07) is 0. The molecule has 0 unspecified atom stereocenters. The second kappa shape index (κ2) is 18.3. The summed E-state index contributed by atoms with van der Waals surface area (Å²) < 4.78 is 2.37. The quantitative estimate of drug-likeness (QED) is 0.251. The van der Waals surface area contributed by atoms with Gasteiger partial charge in [-0.25, -0.2) is 0 Å². The van der Waals surface area contributed by atoms with Gasteiger partial charge in [0, 0.05) is 6.42 Å². The van der Waals surface area contributed by atoms with Crippen molar-refractivity contribution in [1.29, 1.82) is 0 Å². The lowest BCUT2D eigenvalue weighted by Crippen LogP contribution is -3.00. The van der Waals surface area contributed by atoms with Gasteiger partial charge in [-0.05, 0) is 32.1 Å². The molecule has 2 nitrogen and oxygen atoms in total. The van der Waals surface area contributed by atoms with Crippen molar-refractivity contribution >= 4 is 5.84 Å². The van der Waals surface area contributed by atoms with Crippen LogP contribution in [0.2, 0.25) is 0 Å². The third-order valence-corrected chi connectivity index (χ3v) is 5.16. The van der Waals surface area contributed by atoms with Crippen molar-refractivity contribution in [2.45, 2.75) is 103 Å². The first kappa shape index (κ1) is 24.5. The monoisotopic (exact) mass is 370 g/mol. The summed E-state index contributed by atoms with van der Waals surface area (Å²) in [6.45, 7) is 4.61.